The second-order valence-electron chi connectivity index (χ2n) is 8.18. The van der Waals surface area contributed by atoms with Gasteiger partial charge in [0.2, 0.25) is 0 Å². The van der Waals surface area contributed by atoms with E-state index in [1.54, 1.807) is 0 Å². The van der Waals surface area contributed by atoms with Gasteiger partial charge in [-0.25, -0.2) is 0 Å². The van der Waals surface area contributed by atoms with E-state index >= 15 is 0 Å². The molecule has 2 heteroatoms. The minimum Gasteiger partial charge on any atom is -0.313 e. The van der Waals surface area contributed by atoms with Gasteiger partial charge in [0.25, 0.3) is 0 Å². The molecule has 2 aliphatic carbocycles. The van der Waals surface area contributed by atoms with Crippen LogP contribution < -0.4 is 5.32 Å². The largest absolute Gasteiger partial charge is 0.313 e. The Morgan fingerprint density at radius 3 is 2.45 bits per heavy atom. The number of hydrogen-bond donors (Lipinski definition) is 1. The summed E-state index contributed by atoms with van der Waals surface area (Å²) in [5.41, 5.74) is 0.589. The van der Waals surface area contributed by atoms with E-state index < -0.39 is 0 Å². The first-order valence-corrected chi connectivity index (χ1v) is 9.14. The van der Waals surface area contributed by atoms with Crippen LogP contribution in [0.3, 0.4) is 0 Å². The highest BCUT2D eigenvalue weighted by atomic mass is 15.2. The highest BCUT2D eigenvalue weighted by molar-refractivity contribution is 4.93. The van der Waals surface area contributed by atoms with Crippen LogP contribution in [0.15, 0.2) is 0 Å². The molecule has 116 valence electrons. The molecule has 20 heavy (non-hydrogen) atoms. The van der Waals surface area contributed by atoms with E-state index in [-0.39, 0.29) is 0 Å². The lowest BCUT2D eigenvalue weighted by Gasteiger charge is -2.46. The van der Waals surface area contributed by atoms with Crippen molar-refractivity contribution in [2.75, 3.05) is 19.6 Å². The number of nitrogens with zero attached hydrogens (tertiary/aromatic N) is 1. The van der Waals surface area contributed by atoms with Crippen LogP contribution in [0.1, 0.15) is 71.6 Å². The molecule has 0 aromatic carbocycles. The Morgan fingerprint density at radius 2 is 1.75 bits per heavy atom. The topological polar surface area (TPSA) is 15.3 Å². The molecule has 3 rings (SSSR count). The molecule has 2 unspecified atom stereocenters. The third-order valence-electron chi connectivity index (χ3n) is 6.04. The second-order valence-corrected chi connectivity index (χ2v) is 8.18. The molecule has 2 nitrogen and oxygen atoms in total. The zero-order valence-electron chi connectivity index (χ0n) is 13.7. The summed E-state index contributed by atoms with van der Waals surface area (Å²) in [4.78, 5) is 2.83. The minimum absolute atomic E-state index is 0.589. The van der Waals surface area contributed by atoms with Crippen molar-refractivity contribution in [2.45, 2.75) is 83.7 Å². The van der Waals surface area contributed by atoms with Crippen molar-refractivity contribution >= 4 is 0 Å². The number of rotatable bonds is 5. The van der Waals surface area contributed by atoms with Crippen LogP contribution in [0.5, 0.6) is 0 Å². The summed E-state index contributed by atoms with van der Waals surface area (Å²) in [5, 5.41) is 3.86. The maximum absolute atomic E-state index is 3.86. The maximum Gasteiger partial charge on any atom is 0.00684 e. The normalized spacial score (nSPS) is 35.1. The Kier molecular flexibility index (Phi) is 4.72. The summed E-state index contributed by atoms with van der Waals surface area (Å²) < 4.78 is 0. The predicted molar refractivity (Wildman–Crippen MR) is 86.0 cm³/mol. The first-order valence-electron chi connectivity index (χ1n) is 9.14. The molecule has 0 aromatic rings. The van der Waals surface area contributed by atoms with Gasteiger partial charge in [0.05, 0.1) is 0 Å². The molecule has 2 saturated carbocycles. The van der Waals surface area contributed by atoms with Gasteiger partial charge in [-0.05, 0) is 56.8 Å². The highest BCUT2D eigenvalue weighted by Gasteiger charge is 2.37. The second kappa shape index (κ2) is 6.36. The highest BCUT2D eigenvalue weighted by Crippen LogP contribution is 2.39. The van der Waals surface area contributed by atoms with Gasteiger partial charge in [-0.15, -0.1) is 0 Å². The first-order chi connectivity index (χ1) is 9.67. The van der Waals surface area contributed by atoms with E-state index in [4.69, 9.17) is 0 Å². The fourth-order valence-electron chi connectivity index (χ4n) is 4.37. The lowest BCUT2D eigenvalue weighted by Crippen LogP contribution is -2.51. The van der Waals surface area contributed by atoms with Gasteiger partial charge < -0.3 is 5.32 Å². The minimum atomic E-state index is 0.589. The average molecular weight is 278 g/mol. The van der Waals surface area contributed by atoms with Crippen LogP contribution in [0.2, 0.25) is 0 Å². The quantitative estimate of drug-likeness (QED) is 0.822. The summed E-state index contributed by atoms with van der Waals surface area (Å²) in [5.74, 6) is 0.906. The molecule has 0 spiro atoms. The van der Waals surface area contributed by atoms with Crippen LogP contribution in [0.25, 0.3) is 0 Å². The number of nitrogens with one attached hydrogen (secondary N) is 1. The number of likely N-dealkylation sites (tertiary alicyclic amines) is 1. The fraction of sp³-hybridized carbons (Fsp3) is 1.00. The third kappa shape index (κ3) is 3.76. The zero-order chi connectivity index (χ0) is 14.0. The number of piperidine rings is 1. The molecule has 2 atom stereocenters. The van der Waals surface area contributed by atoms with Crippen LogP contribution in [0, 0.1) is 11.3 Å². The number of hydrogen-bond acceptors (Lipinski definition) is 2. The van der Waals surface area contributed by atoms with Gasteiger partial charge in [-0.1, -0.05) is 26.2 Å². The van der Waals surface area contributed by atoms with Gasteiger partial charge in [-0.3, -0.25) is 4.90 Å². The fourth-order valence-corrected chi connectivity index (χ4v) is 4.37. The Labute approximate surface area is 125 Å². The van der Waals surface area contributed by atoms with Gasteiger partial charge in [0.15, 0.2) is 0 Å². The van der Waals surface area contributed by atoms with E-state index in [0.29, 0.717) is 5.41 Å². The predicted octanol–water partition coefficient (Wildman–Crippen LogP) is 3.81. The van der Waals surface area contributed by atoms with E-state index in [9.17, 15) is 0 Å². The molecule has 1 aliphatic heterocycles. The van der Waals surface area contributed by atoms with Crippen LogP contribution in [-0.2, 0) is 0 Å². The lowest BCUT2D eigenvalue weighted by molar-refractivity contribution is 0.0447. The Balaban J connectivity index is 1.61. The van der Waals surface area contributed by atoms with E-state index in [1.165, 1.54) is 77.4 Å². The van der Waals surface area contributed by atoms with Crippen molar-refractivity contribution in [2.24, 2.45) is 11.3 Å². The maximum atomic E-state index is 3.86. The molecular formula is C18H34N2. The van der Waals surface area contributed by atoms with Crippen molar-refractivity contribution in [1.82, 2.24) is 10.2 Å². The standard InChI is InChI=1S/C18H34N2/c1-15-6-7-16(2)20(12-15)14-18(10-4-3-5-11-18)13-19-17-8-9-17/h15-17,19H,3-14H2,1-2H3. The summed E-state index contributed by atoms with van der Waals surface area (Å²) >= 11 is 0. The van der Waals surface area contributed by atoms with Gasteiger partial charge in [0.1, 0.15) is 0 Å². The molecule has 1 N–H and O–H groups in total. The van der Waals surface area contributed by atoms with Crippen molar-refractivity contribution in [1.29, 1.82) is 0 Å². The van der Waals surface area contributed by atoms with Crippen molar-refractivity contribution < 1.29 is 0 Å². The monoisotopic (exact) mass is 278 g/mol. The van der Waals surface area contributed by atoms with Gasteiger partial charge in [-0.2, -0.15) is 0 Å². The molecule has 1 heterocycles. The lowest BCUT2D eigenvalue weighted by atomic mass is 9.73. The molecule has 3 fully saturated rings. The van der Waals surface area contributed by atoms with E-state index in [1.807, 2.05) is 0 Å². The summed E-state index contributed by atoms with van der Waals surface area (Å²) in [7, 11) is 0. The average Bonchev–Trinajstić information content (AvgIpc) is 3.26. The summed E-state index contributed by atoms with van der Waals surface area (Å²) in [6.07, 6.45) is 13.0. The summed E-state index contributed by atoms with van der Waals surface area (Å²) in [6, 6.07) is 1.68. The van der Waals surface area contributed by atoms with Crippen LogP contribution in [-0.4, -0.2) is 36.6 Å². The molecular weight excluding hydrogens is 244 g/mol. The van der Waals surface area contributed by atoms with E-state index in [2.05, 4.69) is 24.1 Å². The molecule has 0 bridgehead atoms. The van der Waals surface area contributed by atoms with Gasteiger partial charge in [0, 0.05) is 31.7 Å². The Hall–Kier alpha value is -0.0800. The smallest absolute Gasteiger partial charge is 0.00684 e. The Morgan fingerprint density at radius 1 is 1.00 bits per heavy atom. The van der Waals surface area contributed by atoms with Crippen molar-refractivity contribution in [3.63, 3.8) is 0 Å². The molecule has 1 saturated heterocycles. The van der Waals surface area contributed by atoms with Crippen LogP contribution in [0.4, 0.5) is 0 Å². The first kappa shape index (κ1) is 14.8. The molecule has 0 amide bonds. The van der Waals surface area contributed by atoms with Gasteiger partial charge >= 0.3 is 0 Å². The molecule has 0 radical (unpaired) electrons. The van der Waals surface area contributed by atoms with Crippen molar-refractivity contribution in [3.05, 3.63) is 0 Å². The van der Waals surface area contributed by atoms with Crippen molar-refractivity contribution in [3.8, 4) is 0 Å². The SMILES string of the molecule is CC1CCC(C)N(CC2(CNC3CC3)CCCCC2)C1. The zero-order valence-corrected chi connectivity index (χ0v) is 13.7. The van der Waals surface area contributed by atoms with E-state index in [0.717, 1.165) is 18.0 Å². The summed E-state index contributed by atoms with van der Waals surface area (Å²) in [6.45, 7) is 8.88. The van der Waals surface area contributed by atoms with Crippen LogP contribution >= 0.6 is 0 Å². The molecule has 0 aromatic heterocycles. The third-order valence-corrected chi connectivity index (χ3v) is 6.04. The Bertz CT molecular complexity index is 305. The molecule has 3 aliphatic rings.